The van der Waals surface area contributed by atoms with Crippen molar-refractivity contribution in [2.75, 3.05) is 20.2 Å². The third-order valence-corrected chi connectivity index (χ3v) is 7.61. The lowest BCUT2D eigenvalue weighted by atomic mass is 9.97. The molecule has 2 unspecified atom stereocenters. The summed E-state index contributed by atoms with van der Waals surface area (Å²) in [7, 11) is 1.84. The molecular weight excluding hydrogens is 542 g/mol. The summed E-state index contributed by atoms with van der Waals surface area (Å²) in [5.41, 5.74) is 5.66. The molecule has 2 atom stereocenters. The normalized spacial score (nSPS) is 19.7. The number of allylic oxidation sites excluding steroid dienone is 1. The van der Waals surface area contributed by atoms with E-state index in [-0.39, 0.29) is 18.6 Å². The first-order valence-corrected chi connectivity index (χ1v) is 13.4. The molecule has 0 spiro atoms. The van der Waals surface area contributed by atoms with Gasteiger partial charge >= 0.3 is 0 Å². The molecule has 2 N–H and O–H groups in total. The van der Waals surface area contributed by atoms with E-state index in [0.29, 0.717) is 19.4 Å². The maximum atomic E-state index is 12.9. The zero-order chi connectivity index (χ0) is 25.1. The van der Waals surface area contributed by atoms with Crippen molar-refractivity contribution in [1.82, 2.24) is 25.3 Å². The Kier molecular flexibility index (Phi) is 7.35. The number of rotatable bonds is 9. The minimum atomic E-state index is -0.516. The first kappa shape index (κ1) is 24.5. The second kappa shape index (κ2) is 10.8. The van der Waals surface area contributed by atoms with E-state index in [2.05, 4.69) is 38.0 Å². The lowest BCUT2D eigenvalue weighted by Crippen LogP contribution is -2.36. The van der Waals surface area contributed by atoms with E-state index in [0.717, 1.165) is 44.7 Å². The highest BCUT2D eigenvalue weighted by molar-refractivity contribution is 9.10. The number of nitrogens with one attached hydrogen (secondary N) is 2. The fourth-order valence-corrected chi connectivity index (χ4v) is 5.44. The summed E-state index contributed by atoms with van der Waals surface area (Å²) in [6.45, 7) is 0.556. The maximum absolute atomic E-state index is 12.9. The molecule has 10 heteroatoms. The molecule has 36 heavy (non-hydrogen) atoms. The summed E-state index contributed by atoms with van der Waals surface area (Å²) in [5, 5.41) is 14.9. The van der Waals surface area contributed by atoms with E-state index < -0.39 is 6.23 Å². The highest BCUT2D eigenvalue weighted by Crippen LogP contribution is 2.36. The largest absolute Gasteiger partial charge is 0.390 e. The number of amides is 2. The van der Waals surface area contributed by atoms with Gasteiger partial charge in [-0.2, -0.15) is 16.4 Å². The Balaban J connectivity index is 1.40. The predicted molar refractivity (Wildman–Crippen MR) is 142 cm³/mol. The number of halogens is 1. The smallest absolute Gasteiger partial charge is 0.250 e. The average Bonchev–Trinajstić information content (AvgIpc) is 3.64. The van der Waals surface area contributed by atoms with Crippen molar-refractivity contribution < 1.29 is 14.3 Å². The fourth-order valence-electron chi connectivity index (χ4n) is 4.54. The van der Waals surface area contributed by atoms with E-state index in [4.69, 9.17) is 9.84 Å². The summed E-state index contributed by atoms with van der Waals surface area (Å²) in [4.78, 5) is 25.6. The standard InChI is InChI=1S/C26H26BrN5O3S/c1-28-23-12-17(2-7-22(23)29-16-33)8-10-31-24(34)14-35-26(31)21-13-32(20-5-3-19(27)4-6-20)30-25(21)18-9-11-36-15-18/h2-6,9,11-13,15-16,22,26,28H,7-8,10,14H2,1H3,(H,29,33). The van der Waals surface area contributed by atoms with Crippen molar-refractivity contribution in [3.8, 4) is 16.9 Å². The lowest BCUT2D eigenvalue weighted by Gasteiger charge is -2.26. The minimum Gasteiger partial charge on any atom is -0.390 e. The van der Waals surface area contributed by atoms with Crippen molar-refractivity contribution in [3.63, 3.8) is 0 Å². The van der Waals surface area contributed by atoms with Crippen molar-refractivity contribution in [1.29, 1.82) is 0 Å². The Morgan fingerprint density at radius 1 is 1.28 bits per heavy atom. The van der Waals surface area contributed by atoms with Gasteiger partial charge in [-0.3, -0.25) is 9.59 Å². The zero-order valence-corrected chi connectivity index (χ0v) is 22.1. The summed E-state index contributed by atoms with van der Waals surface area (Å²) in [6, 6.07) is 9.91. The highest BCUT2D eigenvalue weighted by atomic mass is 79.9. The Morgan fingerprint density at radius 2 is 2.11 bits per heavy atom. The number of ether oxygens (including phenoxy) is 1. The van der Waals surface area contributed by atoms with E-state index in [9.17, 15) is 9.59 Å². The van der Waals surface area contributed by atoms with Gasteiger partial charge in [0, 0.05) is 46.5 Å². The van der Waals surface area contributed by atoms with Crippen LogP contribution in [0.25, 0.3) is 16.9 Å². The van der Waals surface area contributed by atoms with Gasteiger partial charge in [0.1, 0.15) is 12.3 Å². The number of aromatic nitrogens is 2. The van der Waals surface area contributed by atoms with Gasteiger partial charge in [0.15, 0.2) is 6.23 Å². The van der Waals surface area contributed by atoms with E-state index in [1.165, 1.54) is 0 Å². The second-order valence-electron chi connectivity index (χ2n) is 8.57. The molecular formula is C26H26BrN5O3S. The van der Waals surface area contributed by atoms with Crippen LogP contribution in [0.1, 0.15) is 24.6 Å². The van der Waals surface area contributed by atoms with Crippen LogP contribution in [0.5, 0.6) is 0 Å². The van der Waals surface area contributed by atoms with Gasteiger partial charge in [0.2, 0.25) is 6.41 Å². The van der Waals surface area contributed by atoms with Gasteiger partial charge < -0.3 is 20.3 Å². The first-order chi connectivity index (χ1) is 17.6. The third kappa shape index (κ3) is 5.02. The first-order valence-electron chi connectivity index (χ1n) is 11.6. The Labute approximate surface area is 221 Å². The van der Waals surface area contributed by atoms with Crippen LogP contribution >= 0.6 is 27.3 Å². The molecule has 3 aromatic rings. The van der Waals surface area contributed by atoms with Crippen LogP contribution in [0, 0.1) is 0 Å². The Morgan fingerprint density at radius 3 is 2.83 bits per heavy atom. The topological polar surface area (TPSA) is 88.5 Å². The van der Waals surface area contributed by atoms with E-state index in [1.807, 2.05) is 59.7 Å². The van der Waals surface area contributed by atoms with Crippen LogP contribution < -0.4 is 10.6 Å². The van der Waals surface area contributed by atoms with Crippen LogP contribution in [0.3, 0.4) is 0 Å². The van der Waals surface area contributed by atoms with Gasteiger partial charge in [-0.25, -0.2) is 4.68 Å². The van der Waals surface area contributed by atoms with E-state index in [1.54, 1.807) is 16.2 Å². The number of carbonyl (C=O) groups is 2. The Bertz CT molecular complexity index is 1300. The van der Waals surface area contributed by atoms with Crippen LogP contribution in [0.2, 0.25) is 0 Å². The van der Waals surface area contributed by atoms with Crippen LogP contribution in [-0.2, 0) is 14.3 Å². The van der Waals surface area contributed by atoms with E-state index >= 15 is 0 Å². The number of likely N-dealkylation sites (N-methyl/N-ethyl adjacent to an activating group) is 1. The summed E-state index contributed by atoms with van der Waals surface area (Å²) < 4.78 is 8.86. The molecule has 8 nitrogen and oxygen atoms in total. The van der Waals surface area contributed by atoms with Gasteiger partial charge in [0.25, 0.3) is 5.91 Å². The lowest BCUT2D eigenvalue weighted by molar-refractivity contribution is -0.128. The molecule has 3 heterocycles. The molecule has 1 aliphatic carbocycles. The highest BCUT2D eigenvalue weighted by Gasteiger charge is 2.36. The molecule has 186 valence electrons. The molecule has 0 saturated carbocycles. The van der Waals surface area contributed by atoms with Gasteiger partial charge in [-0.15, -0.1) is 0 Å². The molecule has 5 rings (SSSR count). The van der Waals surface area contributed by atoms with Crippen molar-refractivity contribution in [3.05, 3.63) is 80.7 Å². The molecule has 1 aliphatic heterocycles. The molecule has 2 amide bonds. The SMILES string of the molecule is CNC1=CC(CCN2C(=O)COC2c2cn(-c3ccc(Br)cc3)nc2-c2ccsc2)=CCC1NC=O. The molecule has 0 radical (unpaired) electrons. The van der Waals surface area contributed by atoms with Crippen LogP contribution in [0.4, 0.5) is 0 Å². The van der Waals surface area contributed by atoms with Gasteiger partial charge in [0.05, 0.1) is 11.7 Å². The number of nitrogens with zero attached hydrogens (tertiary/aromatic N) is 3. The van der Waals surface area contributed by atoms with Crippen LogP contribution in [0.15, 0.2) is 75.2 Å². The summed E-state index contributed by atoms with van der Waals surface area (Å²) in [6.07, 6.45) is 7.71. The van der Waals surface area contributed by atoms with Gasteiger partial charge in [-0.1, -0.05) is 22.0 Å². The molecule has 2 aliphatic rings. The fraction of sp³-hybridized carbons (Fsp3) is 0.269. The predicted octanol–water partition coefficient (Wildman–Crippen LogP) is 4.16. The average molecular weight is 568 g/mol. The maximum Gasteiger partial charge on any atom is 0.250 e. The van der Waals surface area contributed by atoms with Crippen LogP contribution in [-0.4, -0.2) is 53.2 Å². The monoisotopic (exact) mass is 567 g/mol. The second-order valence-corrected chi connectivity index (χ2v) is 10.3. The number of benzene rings is 1. The van der Waals surface area contributed by atoms with Crippen molar-refractivity contribution in [2.45, 2.75) is 25.1 Å². The molecule has 1 aromatic carbocycles. The molecule has 2 aromatic heterocycles. The molecule has 1 fully saturated rings. The van der Waals surface area contributed by atoms with Crippen molar-refractivity contribution in [2.24, 2.45) is 0 Å². The number of carbonyl (C=O) groups excluding carboxylic acids is 2. The summed E-state index contributed by atoms with van der Waals surface area (Å²) in [5.74, 6) is -0.0395. The Hall–Kier alpha value is -3.21. The third-order valence-electron chi connectivity index (χ3n) is 6.39. The number of hydrogen-bond donors (Lipinski definition) is 2. The summed E-state index contributed by atoms with van der Waals surface area (Å²) >= 11 is 5.09. The van der Waals surface area contributed by atoms with Crippen molar-refractivity contribution >= 4 is 39.6 Å². The minimum absolute atomic E-state index is 0.0395. The quantitative estimate of drug-likeness (QED) is 0.379. The molecule has 1 saturated heterocycles. The number of hydrogen-bond acceptors (Lipinski definition) is 6. The molecule has 0 bridgehead atoms. The van der Waals surface area contributed by atoms with Gasteiger partial charge in [-0.05, 0) is 60.2 Å². The zero-order valence-electron chi connectivity index (χ0n) is 19.7. The number of thiophene rings is 1.